The minimum atomic E-state index is -0.816. The lowest BCUT2D eigenvalue weighted by Crippen LogP contribution is -2.47. The number of amides is 1. The molecule has 1 amide bonds. The summed E-state index contributed by atoms with van der Waals surface area (Å²) < 4.78 is 0. The van der Waals surface area contributed by atoms with E-state index in [1.54, 1.807) is 11.9 Å². The quantitative estimate of drug-likeness (QED) is 0.831. The Hall–Kier alpha value is -1.08. The zero-order chi connectivity index (χ0) is 13.2. The van der Waals surface area contributed by atoms with Gasteiger partial charge in [0.15, 0.2) is 0 Å². The van der Waals surface area contributed by atoms with Crippen molar-refractivity contribution in [2.24, 2.45) is 5.41 Å². The van der Waals surface area contributed by atoms with E-state index in [0.29, 0.717) is 19.4 Å². The van der Waals surface area contributed by atoms with E-state index in [-0.39, 0.29) is 5.91 Å². The van der Waals surface area contributed by atoms with Gasteiger partial charge in [-0.25, -0.2) is 0 Å². The highest BCUT2D eigenvalue weighted by molar-refractivity contribution is 5.85. The van der Waals surface area contributed by atoms with Crippen molar-refractivity contribution in [3.63, 3.8) is 0 Å². The predicted molar refractivity (Wildman–Crippen MR) is 67.6 cm³/mol. The molecule has 0 unspecified atom stereocenters. The number of carbonyl (C=O) groups is 1. The van der Waals surface area contributed by atoms with Gasteiger partial charge in [0.25, 0.3) is 0 Å². The molecule has 18 heavy (non-hydrogen) atoms. The number of likely N-dealkylation sites (N-methyl/N-ethyl adjacent to an activating group) is 1. The highest BCUT2D eigenvalue weighted by Crippen LogP contribution is 2.39. The van der Waals surface area contributed by atoms with Gasteiger partial charge in [0.2, 0.25) is 5.91 Å². The van der Waals surface area contributed by atoms with Crippen LogP contribution < -0.4 is 0 Å². The number of carbonyl (C=O) groups excluding carboxylic acids is 1. The van der Waals surface area contributed by atoms with Crippen LogP contribution in [0, 0.1) is 16.7 Å². The molecule has 0 atom stereocenters. The van der Waals surface area contributed by atoms with Crippen molar-refractivity contribution in [1.29, 1.82) is 5.26 Å². The SMILES string of the molecule is CN(CC1(O)CCCC1)C(=O)C1(C#N)CCCC1. The second-order valence-electron chi connectivity index (χ2n) is 5.99. The Morgan fingerprint density at radius 2 is 1.72 bits per heavy atom. The van der Waals surface area contributed by atoms with Crippen LogP contribution in [0.2, 0.25) is 0 Å². The smallest absolute Gasteiger partial charge is 0.242 e. The Bertz CT molecular complexity index is 360. The van der Waals surface area contributed by atoms with Crippen molar-refractivity contribution in [3.05, 3.63) is 0 Å². The maximum atomic E-state index is 12.4. The summed E-state index contributed by atoms with van der Waals surface area (Å²) in [6.45, 7) is 0.370. The molecule has 0 saturated heterocycles. The molecule has 0 heterocycles. The first-order valence-corrected chi connectivity index (χ1v) is 6.91. The van der Waals surface area contributed by atoms with Gasteiger partial charge in [-0.2, -0.15) is 5.26 Å². The van der Waals surface area contributed by atoms with Crippen molar-refractivity contribution >= 4 is 5.91 Å². The van der Waals surface area contributed by atoms with Crippen LogP contribution in [0.4, 0.5) is 0 Å². The van der Waals surface area contributed by atoms with Crippen LogP contribution >= 0.6 is 0 Å². The van der Waals surface area contributed by atoms with Gasteiger partial charge in [-0.15, -0.1) is 0 Å². The molecule has 2 fully saturated rings. The molecule has 0 radical (unpaired) electrons. The number of nitriles is 1. The summed E-state index contributed by atoms with van der Waals surface area (Å²) in [7, 11) is 1.72. The monoisotopic (exact) mass is 250 g/mol. The summed E-state index contributed by atoms with van der Waals surface area (Å²) in [5, 5.41) is 19.6. The summed E-state index contributed by atoms with van der Waals surface area (Å²) in [6, 6.07) is 2.22. The second kappa shape index (κ2) is 4.89. The third-order valence-corrected chi connectivity index (χ3v) is 4.49. The van der Waals surface area contributed by atoms with E-state index in [1.165, 1.54) is 0 Å². The Balaban J connectivity index is 2.02. The molecule has 2 rings (SSSR count). The van der Waals surface area contributed by atoms with Gasteiger partial charge in [-0.05, 0) is 25.7 Å². The molecule has 0 aromatic carbocycles. The zero-order valence-electron chi connectivity index (χ0n) is 11.1. The average molecular weight is 250 g/mol. The topological polar surface area (TPSA) is 64.3 Å². The minimum Gasteiger partial charge on any atom is -0.388 e. The minimum absolute atomic E-state index is 0.0946. The fourth-order valence-corrected chi connectivity index (χ4v) is 3.42. The summed E-state index contributed by atoms with van der Waals surface area (Å²) in [4.78, 5) is 14.0. The predicted octanol–water partition coefficient (Wildman–Crippen LogP) is 1.83. The van der Waals surface area contributed by atoms with Crippen LogP contribution in [0.3, 0.4) is 0 Å². The number of nitrogens with zero attached hydrogens (tertiary/aromatic N) is 2. The van der Waals surface area contributed by atoms with E-state index in [2.05, 4.69) is 6.07 Å². The summed E-state index contributed by atoms with van der Waals surface area (Å²) >= 11 is 0. The van der Waals surface area contributed by atoms with Gasteiger partial charge < -0.3 is 10.0 Å². The summed E-state index contributed by atoms with van der Waals surface area (Å²) in [5.74, 6) is -0.0946. The molecule has 4 nitrogen and oxygen atoms in total. The first-order valence-electron chi connectivity index (χ1n) is 6.91. The van der Waals surface area contributed by atoms with Crippen LogP contribution in [0.5, 0.6) is 0 Å². The fraction of sp³-hybridized carbons (Fsp3) is 0.857. The van der Waals surface area contributed by atoms with Crippen LogP contribution in [0.1, 0.15) is 51.4 Å². The van der Waals surface area contributed by atoms with Crippen LogP contribution in [0.15, 0.2) is 0 Å². The van der Waals surface area contributed by atoms with Gasteiger partial charge in [-0.3, -0.25) is 4.79 Å². The van der Waals surface area contributed by atoms with Gasteiger partial charge in [0.05, 0.1) is 11.7 Å². The number of hydrogen-bond donors (Lipinski definition) is 1. The van der Waals surface area contributed by atoms with E-state index < -0.39 is 11.0 Å². The van der Waals surface area contributed by atoms with Crippen molar-refractivity contribution in [1.82, 2.24) is 4.90 Å². The third kappa shape index (κ3) is 2.37. The van der Waals surface area contributed by atoms with Crippen LogP contribution in [-0.2, 0) is 4.79 Å². The Kier molecular flexibility index (Phi) is 3.63. The highest BCUT2D eigenvalue weighted by Gasteiger charge is 2.44. The van der Waals surface area contributed by atoms with Crippen molar-refractivity contribution in [2.75, 3.05) is 13.6 Å². The highest BCUT2D eigenvalue weighted by atomic mass is 16.3. The Morgan fingerprint density at radius 3 is 2.22 bits per heavy atom. The van der Waals surface area contributed by atoms with E-state index in [1.807, 2.05) is 0 Å². The number of aliphatic hydroxyl groups is 1. The summed E-state index contributed by atoms with van der Waals surface area (Å²) in [5.41, 5.74) is -1.54. The molecule has 1 N–H and O–H groups in total. The largest absolute Gasteiger partial charge is 0.388 e. The second-order valence-corrected chi connectivity index (χ2v) is 5.99. The molecule has 0 bridgehead atoms. The van der Waals surface area contributed by atoms with Gasteiger partial charge >= 0.3 is 0 Å². The lowest BCUT2D eigenvalue weighted by atomic mass is 9.86. The Morgan fingerprint density at radius 1 is 1.22 bits per heavy atom. The van der Waals surface area contributed by atoms with E-state index >= 15 is 0 Å². The van der Waals surface area contributed by atoms with Crippen LogP contribution in [-0.4, -0.2) is 35.1 Å². The molecule has 0 aliphatic heterocycles. The number of hydrogen-bond acceptors (Lipinski definition) is 3. The van der Waals surface area contributed by atoms with Crippen molar-refractivity contribution in [2.45, 2.75) is 57.0 Å². The molecular formula is C14H22N2O2. The van der Waals surface area contributed by atoms with E-state index in [4.69, 9.17) is 0 Å². The summed E-state index contributed by atoms with van der Waals surface area (Å²) in [6.07, 6.45) is 6.85. The normalized spacial score (nSPS) is 24.7. The molecule has 100 valence electrons. The molecule has 2 aliphatic carbocycles. The maximum absolute atomic E-state index is 12.4. The van der Waals surface area contributed by atoms with Crippen LogP contribution in [0.25, 0.3) is 0 Å². The average Bonchev–Trinajstić information content (AvgIpc) is 2.98. The van der Waals surface area contributed by atoms with Crippen molar-refractivity contribution < 1.29 is 9.90 Å². The first kappa shape index (κ1) is 13.4. The first-order chi connectivity index (χ1) is 8.51. The molecule has 0 aromatic rings. The molecule has 0 spiro atoms. The van der Waals surface area contributed by atoms with Crippen molar-refractivity contribution in [3.8, 4) is 6.07 Å². The maximum Gasteiger partial charge on any atom is 0.242 e. The van der Waals surface area contributed by atoms with Gasteiger partial charge in [0.1, 0.15) is 5.41 Å². The fourth-order valence-electron chi connectivity index (χ4n) is 3.42. The molecule has 4 heteroatoms. The molecule has 2 aliphatic rings. The Labute approximate surface area is 109 Å². The van der Waals surface area contributed by atoms with Gasteiger partial charge in [-0.1, -0.05) is 25.7 Å². The third-order valence-electron chi connectivity index (χ3n) is 4.49. The van der Waals surface area contributed by atoms with Gasteiger partial charge in [0, 0.05) is 13.6 Å². The zero-order valence-corrected chi connectivity index (χ0v) is 11.1. The molecule has 2 saturated carbocycles. The lowest BCUT2D eigenvalue weighted by molar-refractivity contribution is -0.140. The molecule has 0 aromatic heterocycles. The standard InChI is InChI=1S/C14H22N2O2/c1-16(11-14(18)8-4-5-9-14)12(17)13(10-15)6-2-3-7-13/h18H,2-9,11H2,1H3. The lowest BCUT2D eigenvalue weighted by Gasteiger charge is -2.32. The molecular weight excluding hydrogens is 228 g/mol. The van der Waals surface area contributed by atoms with E-state index in [0.717, 1.165) is 38.5 Å². The van der Waals surface area contributed by atoms with E-state index in [9.17, 15) is 15.2 Å². The number of rotatable bonds is 3.